The zero-order chi connectivity index (χ0) is 14.0. The maximum atomic E-state index is 13.2. The molecule has 1 nitrogen and oxygen atoms in total. The molecule has 0 aliphatic rings. The fourth-order valence-corrected chi connectivity index (χ4v) is 2.09. The fraction of sp³-hybridized carbons (Fsp3) is 0.250. The summed E-state index contributed by atoms with van der Waals surface area (Å²) in [7, 11) is 0. The van der Waals surface area contributed by atoms with Gasteiger partial charge < -0.3 is 5.11 Å². The molecule has 1 N–H and O–H groups in total. The van der Waals surface area contributed by atoms with Crippen LogP contribution >= 0.6 is 0 Å². The Balaban J connectivity index is 2.45. The fourth-order valence-electron chi connectivity index (χ4n) is 2.09. The molecule has 2 aromatic carbocycles. The van der Waals surface area contributed by atoms with Gasteiger partial charge in [-0.2, -0.15) is 0 Å². The van der Waals surface area contributed by atoms with Gasteiger partial charge in [0.05, 0.1) is 0 Å². The van der Waals surface area contributed by atoms with Crippen molar-refractivity contribution in [1.29, 1.82) is 0 Å². The summed E-state index contributed by atoms with van der Waals surface area (Å²) in [6.07, 6.45) is 0.720. The van der Waals surface area contributed by atoms with E-state index >= 15 is 0 Å². The molecular weight excluding hydrogens is 246 g/mol. The van der Waals surface area contributed by atoms with Gasteiger partial charge >= 0.3 is 0 Å². The summed E-state index contributed by atoms with van der Waals surface area (Å²) >= 11 is 0. The number of phenols is 1. The lowest BCUT2D eigenvalue weighted by atomic mass is 9.97. The minimum atomic E-state index is -0.603. The predicted molar refractivity (Wildman–Crippen MR) is 72.0 cm³/mol. The quantitative estimate of drug-likeness (QED) is 0.861. The van der Waals surface area contributed by atoms with Gasteiger partial charge in [0.2, 0.25) is 0 Å². The molecule has 0 spiro atoms. The van der Waals surface area contributed by atoms with Gasteiger partial charge in [-0.25, -0.2) is 8.78 Å². The lowest BCUT2D eigenvalue weighted by Gasteiger charge is -2.10. The van der Waals surface area contributed by atoms with Crippen LogP contribution in [0.15, 0.2) is 36.4 Å². The second-order valence-electron chi connectivity index (χ2n) is 5.10. The van der Waals surface area contributed by atoms with Crippen LogP contribution in [-0.2, 0) is 6.42 Å². The van der Waals surface area contributed by atoms with Gasteiger partial charge in [0.15, 0.2) is 0 Å². The number of halogens is 2. The Bertz CT molecular complexity index is 571. The van der Waals surface area contributed by atoms with Crippen molar-refractivity contribution in [3.05, 3.63) is 53.6 Å². The van der Waals surface area contributed by atoms with Crippen LogP contribution in [-0.4, -0.2) is 5.11 Å². The molecular formula is C16H16F2O. The maximum absolute atomic E-state index is 13.2. The van der Waals surface area contributed by atoms with E-state index in [-0.39, 0.29) is 5.75 Å². The number of aromatic hydroxyl groups is 1. The van der Waals surface area contributed by atoms with Crippen molar-refractivity contribution < 1.29 is 13.9 Å². The predicted octanol–water partition coefficient (Wildman–Crippen LogP) is 4.54. The van der Waals surface area contributed by atoms with E-state index in [1.54, 1.807) is 18.2 Å². The third kappa shape index (κ3) is 3.31. The molecule has 0 saturated carbocycles. The van der Waals surface area contributed by atoms with Gasteiger partial charge in [0, 0.05) is 6.07 Å². The Labute approximate surface area is 111 Å². The molecule has 0 fully saturated rings. The van der Waals surface area contributed by atoms with Crippen LogP contribution in [0.2, 0.25) is 0 Å². The normalized spacial score (nSPS) is 11.0. The van der Waals surface area contributed by atoms with Crippen LogP contribution in [0.5, 0.6) is 5.75 Å². The van der Waals surface area contributed by atoms with E-state index in [0.717, 1.165) is 18.1 Å². The summed E-state index contributed by atoms with van der Waals surface area (Å²) in [5, 5.41) is 9.79. The zero-order valence-corrected chi connectivity index (χ0v) is 11.0. The largest absolute Gasteiger partial charge is 0.508 e. The minimum Gasteiger partial charge on any atom is -0.508 e. The monoisotopic (exact) mass is 262 g/mol. The molecule has 0 aliphatic carbocycles. The Morgan fingerprint density at radius 3 is 2.16 bits per heavy atom. The smallest absolute Gasteiger partial charge is 0.126 e. The summed E-state index contributed by atoms with van der Waals surface area (Å²) in [5.74, 6) is -0.596. The number of phenolic OH excluding ortho intramolecular Hbond substituents is 1. The first kappa shape index (κ1) is 13.5. The van der Waals surface area contributed by atoms with E-state index in [1.807, 2.05) is 13.8 Å². The highest BCUT2D eigenvalue weighted by Crippen LogP contribution is 2.28. The number of benzene rings is 2. The summed E-state index contributed by atoms with van der Waals surface area (Å²) in [6, 6.07) is 8.43. The van der Waals surface area contributed by atoms with Crippen LogP contribution in [0.4, 0.5) is 8.78 Å². The lowest BCUT2D eigenvalue weighted by Crippen LogP contribution is -1.95. The summed E-state index contributed by atoms with van der Waals surface area (Å²) in [5.41, 5.74) is 1.96. The first-order chi connectivity index (χ1) is 8.95. The van der Waals surface area contributed by atoms with Crippen molar-refractivity contribution in [3.63, 3.8) is 0 Å². The molecule has 2 rings (SSSR count). The molecule has 0 aromatic heterocycles. The van der Waals surface area contributed by atoms with Crippen molar-refractivity contribution in [2.75, 3.05) is 0 Å². The van der Waals surface area contributed by atoms with Gasteiger partial charge in [0.25, 0.3) is 0 Å². The van der Waals surface area contributed by atoms with E-state index in [1.165, 1.54) is 12.1 Å². The van der Waals surface area contributed by atoms with E-state index in [4.69, 9.17) is 0 Å². The summed E-state index contributed by atoms with van der Waals surface area (Å²) in [4.78, 5) is 0. The molecule has 2 aromatic rings. The Morgan fingerprint density at radius 2 is 1.58 bits per heavy atom. The molecule has 0 aliphatic heterocycles. The van der Waals surface area contributed by atoms with Gasteiger partial charge in [-0.05, 0) is 53.3 Å². The average Bonchev–Trinajstić information content (AvgIpc) is 2.30. The zero-order valence-electron chi connectivity index (χ0n) is 11.0. The van der Waals surface area contributed by atoms with Crippen LogP contribution in [0, 0.1) is 17.6 Å². The van der Waals surface area contributed by atoms with Gasteiger partial charge in [0.1, 0.15) is 17.4 Å². The topological polar surface area (TPSA) is 20.2 Å². The Hall–Kier alpha value is -1.90. The average molecular weight is 262 g/mol. The molecule has 0 atom stereocenters. The van der Waals surface area contributed by atoms with Crippen LogP contribution in [0.25, 0.3) is 11.1 Å². The Morgan fingerprint density at radius 1 is 0.947 bits per heavy atom. The van der Waals surface area contributed by atoms with Gasteiger partial charge in [-0.3, -0.25) is 0 Å². The highest BCUT2D eigenvalue weighted by atomic mass is 19.1. The molecule has 3 heteroatoms. The van der Waals surface area contributed by atoms with Crippen LogP contribution in [0.3, 0.4) is 0 Å². The molecule has 0 bridgehead atoms. The van der Waals surface area contributed by atoms with Gasteiger partial charge in [-0.1, -0.05) is 19.9 Å². The van der Waals surface area contributed by atoms with E-state index in [9.17, 15) is 13.9 Å². The van der Waals surface area contributed by atoms with Crippen LogP contribution in [0.1, 0.15) is 19.4 Å². The van der Waals surface area contributed by atoms with Crippen molar-refractivity contribution in [1.82, 2.24) is 0 Å². The van der Waals surface area contributed by atoms with E-state index in [2.05, 4.69) is 0 Å². The van der Waals surface area contributed by atoms with Crippen molar-refractivity contribution in [3.8, 4) is 16.9 Å². The molecule has 0 heterocycles. The first-order valence-corrected chi connectivity index (χ1v) is 6.24. The van der Waals surface area contributed by atoms with Crippen molar-refractivity contribution in [2.24, 2.45) is 5.92 Å². The van der Waals surface area contributed by atoms with E-state index in [0.29, 0.717) is 17.0 Å². The second kappa shape index (κ2) is 5.39. The third-order valence-electron chi connectivity index (χ3n) is 2.90. The molecule has 19 heavy (non-hydrogen) atoms. The lowest BCUT2D eigenvalue weighted by molar-refractivity contribution is 0.462. The maximum Gasteiger partial charge on any atom is 0.126 e. The number of hydrogen-bond acceptors (Lipinski definition) is 1. The summed E-state index contributed by atoms with van der Waals surface area (Å²) in [6.45, 7) is 4.10. The summed E-state index contributed by atoms with van der Waals surface area (Å²) < 4.78 is 26.4. The highest BCUT2D eigenvalue weighted by Gasteiger charge is 2.08. The van der Waals surface area contributed by atoms with E-state index < -0.39 is 11.6 Å². The molecule has 0 amide bonds. The SMILES string of the molecule is CC(C)Cc1cc(-c2cc(F)cc(F)c2)ccc1O. The molecule has 0 unspecified atom stereocenters. The molecule has 0 saturated heterocycles. The first-order valence-electron chi connectivity index (χ1n) is 6.24. The van der Waals surface area contributed by atoms with Crippen molar-refractivity contribution in [2.45, 2.75) is 20.3 Å². The van der Waals surface area contributed by atoms with Crippen LogP contribution < -0.4 is 0 Å². The highest BCUT2D eigenvalue weighted by molar-refractivity contribution is 5.65. The van der Waals surface area contributed by atoms with Gasteiger partial charge in [-0.15, -0.1) is 0 Å². The standard InChI is InChI=1S/C16H16F2O/c1-10(2)5-13-6-11(3-4-16(13)19)12-7-14(17)9-15(18)8-12/h3-4,6-10,19H,5H2,1-2H3. The molecule has 0 radical (unpaired) electrons. The minimum absolute atomic E-state index is 0.217. The van der Waals surface area contributed by atoms with Crippen molar-refractivity contribution >= 4 is 0 Å². The number of hydrogen-bond donors (Lipinski definition) is 1. The number of rotatable bonds is 3. The third-order valence-corrected chi connectivity index (χ3v) is 2.90. The Kier molecular flexibility index (Phi) is 3.84. The molecule has 100 valence electrons. The second-order valence-corrected chi connectivity index (χ2v) is 5.10.